The highest BCUT2D eigenvalue weighted by Gasteiger charge is 2.28. The maximum absolute atomic E-state index is 13.2. The molecule has 1 saturated heterocycles. The van der Waals surface area contributed by atoms with E-state index >= 15 is 0 Å². The number of carbonyl (C=O) groups is 2. The van der Waals surface area contributed by atoms with Gasteiger partial charge in [0.25, 0.3) is 0 Å². The average Bonchev–Trinajstić information content (AvgIpc) is 3.28. The molecule has 0 atom stereocenters. The van der Waals surface area contributed by atoms with Gasteiger partial charge in [0.15, 0.2) is 0 Å². The third kappa shape index (κ3) is 6.74. The summed E-state index contributed by atoms with van der Waals surface area (Å²) in [6.07, 6.45) is 1.63. The van der Waals surface area contributed by atoms with Crippen LogP contribution in [-0.2, 0) is 21.5 Å². The fourth-order valence-corrected chi connectivity index (χ4v) is 4.31. The van der Waals surface area contributed by atoms with Crippen molar-refractivity contribution in [3.63, 3.8) is 0 Å². The van der Waals surface area contributed by atoms with Crippen LogP contribution in [0.4, 0.5) is 5.82 Å². The highest BCUT2D eigenvalue weighted by atomic mass is 16.5. The molecule has 2 heterocycles. The van der Waals surface area contributed by atoms with Crippen LogP contribution in [0.5, 0.6) is 5.75 Å². The highest BCUT2D eigenvalue weighted by molar-refractivity contribution is 5.92. The number of benzene rings is 2. The molecule has 1 fully saturated rings. The zero-order valence-corrected chi connectivity index (χ0v) is 21.4. The quantitative estimate of drug-likeness (QED) is 0.491. The van der Waals surface area contributed by atoms with Crippen molar-refractivity contribution >= 4 is 17.6 Å². The number of anilines is 1. The predicted octanol–water partition coefficient (Wildman–Crippen LogP) is 4.88. The van der Waals surface area contributed by atoms with E-state index in [1.807, 2.05) is 64.2 Å². The van der Waals surface area contributed by atoms with Crippen molar-refractivity contribution in [3.05, 3.63) is 78.0 Å². The topological polar surface area (TPSA) is 76.5 Å². The number of ether oxygens (including phenoxy) is 1. The second-order valence-electron chi connectivity index (χ2n) is 10.4. The molecule has 0 spiro atoms. The van der Waals surface area contributed by atoms with Crippen LogP contribution in [-0.4, -0.2) is 46.2 Å². The minimum atomic E-state index is -0.132. The summed E-state index contributed by atoms with van der Waals surface area (Å²) in [5.74, 6) is 1.41. The van der Waals surface area contributed by atoms with Crippen molar-refractivity contribution in [2.75, 3.05) is 25.0 Å². The van der Waals surface area contributed by atoms with Crippen LogP contribution >= 0.6 is 0 Å². The van der Waals surface area contributed by atoms with E-state index < -0.39 is 0 Å². The van der Waals surface area contributed by atoms with Gasteiger partial charge in [-0.3, -0.25) is 9.59 Å². The van der Waals surface area contributed by atoms with Crippen molar-refractivity contribution in [1.82, 2.24) is 14.7 Å². The molecular formula is C29H36N4O3. The second kappa shape index (κ2) is 11.4. The lowest BCUT2D eigenvalue weighted by molar-refractivity contribution is -0.135. The molecule has 36 heavy (non-hydrogen) atoms. The zero-order chi connectivity index (χ0) is 25.5. The lowest BCUT2D eigenvalue weighted by Crippen LogP contribution is -2.42. The van der Waals surface area contributed by atoms with Crippen LogP contribution in [0.2, 0.25) is 0 Å². The lowest BCUT2D eigenvalue weighted by atomic mass is 9.92. The Kier molecular flexibility index (Phi) is 8.08. The molecule has 0 radical (unpaired) electrons. The Bertz CT molecular complexity index is 1140. The minimum absolute atomic E-state index is 0.0100. The number of hydrogen-bond acceptors (Lipinski definition) is 4. The molecular weight excluding hydrogens is 452 g/mol. The van der Waals surface area contributed by atoms with Gasteiger partial charge in [-0.05, 0) is 30.5 Å². The van der Waals surface area contributed by atoms with Gasteiger partial charge in [0.2, 0.25) is 11.8 Å². The van der Waals surface area contributed by atoms with Crippen LogP contribution in [0.15, 0.2) is 66.7 Å². The number of rotatable bonds is 8. The van der Waals surface area contributed by atoms with Gasteiger partial charge in [-0.25, -0.2) is 4.68 Å². The average molecular weight is 489 g/mol. The van der Waals surface area contributed by atoms with Gasteiger partial charge in [-0.1, -0.05) is 69.3 Å². The smallest absolute Gasteiger partial charge is 0.228 e. The summed E-state index contributed by atoms with van der Waals surface area (Å²) in [5, 5.41) is 7.93. The lowest BCUT2D eigenvalue weighted by Gasteiger charge is -2.31. The van der Waals surface area contributed by atoms with Gasteiger partial charge in [-0.15, -0.1) is 0 Å². The largest absolute Gasteiger partial charge is 0.493 e. The fraction of sp³-hybridized carbons (Fsp3) is 0.414. The minimum Gasteiger partial charge on any atom is -0.493 e. The van der Waals surface area contributed by atoms with Gasteiger partial charge in [0.05, 0.1) is 25.3 Å². The molecule has 7 nitrogen and oxygen atoms in total. The maximum Gasteiger partial charge on any atom is 0.228 e. The molecule has 1 N–H and O–H groups in total. The summed E-state index contributed by atoms with van der Waals surface area (Å²) in [4.78, 5) is 27.6. The van der Waals surface area contributed by atoms with Crippen molar-refractivity contribution in [2.24, 2.45) is 5.92 Å². The summed E-state index contributed by atoms with van der Waals surface area (Å²) in [6.45, 7) is 8.45. The number of carbonyl (C=O) groups excluding carboxylic acids is 2. The van der Waals surface area contributed by atoms with Crippen molar-refractivity contribution in [3.8, 4) is 5.75 Å². The fourth-order valence-electron chi connectivity index (χ4n) is 4.31. The van der Waals surface area contributed by atoms with E-state index in [0.717, 1.165) is 17.0 Å². The first-order valence-electron chi connectivity index (χ1n) is 12.7. The summed E-state index contributed by atoms with van der Waals surface area (Å²) in [6, 6.07) is 21.6. The summed E-state index contributed by atoms with van der Waals surface area (Å²) in [7, 11) is 0. The SMILES string of the molecule is CC(C)(C)c1cc(NC(=O)C2CCN(C(=O)CCOc3ccccc3)CC2)n(Cc2ccccc2)n1. The molecule has 1 aliphatic heterocycles. The van der Waals surface area contributed by atoms with E-state index in [0.29, 0.717) is 51.3 Å². The molecule has 1 aromatic heterocycles. The molecule has 2 amide bonds. The highest BCUT2D eigenvalue weighted by Crippen LogP contribution is 2.26. The van der Waals surface area contributed by atoms with E-state index in [1.54, 1.807) is 0 Å². The summed E-state index contributed by atoms with van der Waals surface area (Å²) >= 11 is 0. The number of para-hydroxylation sites is 1. The molecule has 4 rings (SSSR count). The van der Waals surface area contributed by atoms with Crippen LogP contribution in [0.1, 0.15) is 51.3 Å². The normalized spacial score (nSPS) is 14.5. The molecule has 0 unspecified atom stereocenters. The third-order valence-corrected chi connectivity index (χ3v) is 6.52. The third-order valence-electron chi connectivity index (χ3n) is 6.52. The summed E-state index contributed by atoms with van der Waals surface area (Å²) < 4.78 is 7.53. The zero-order valence-electron chi connectivity index (χ0n) is 21.4. The van der Waals surface area contributed by atoms with Crippen molar-refractivity contribution in [1.29, 1.82) is 0 Å². The second-order valence-corrected chi connectivity index (χ2v) is 10.4. The molecule has 2 aromatic carbocycles. The number of hydrogen-bond donors (Lipinski definition) is 1. The summed E-state index contributed by atoms with van der Waals surface area (Å²) in [5.41, 5.74) is 1.93. The van der Waals surface area contributed by atoms with Crippen molar-refractivity contribution in [2.45, 2.75) is 52.0 Å². The predicted molar refractivity (Wildman–Crippen MR) is 141 cm³/mol. The van der Waals surface area contributed by atoms with Crippen LogP contribution in [0.25, 0.3) is 0 Å². The number of aromatic nitrogens is 2. The number of amides is 2. The standard InChI is InChI=1S/C29H36N4O3/c1-29(2,3)25-20-26(33(31-25)21-22-10-6-4-7-11-22)30-28(35)23-14-17-32(18-15-23)27(34)16-19-36-24-12-8-5-9-13-24/h4-13,20,23H,14-19,21H2,1-3H3,(H,30,35). The van der Waals surface area contributed by atoms with Crippen LogP contribution < -0.4 is 10.1 Å². The number of nitrogens with one attached hydrogen (secondary N) is 1. The Morgan fingerprint density at radius 2 is 1.64 bits per heavy atom. The van der Waals surface area contributed by atoms with Crippen molar-refractivity contribution < 1.29 is 14.3 Å². The first-order valence-corrected chi connectivity index (χ1v) is 12.7. The first-order chi connectivity index (χ1) is 17.3. The number of nitrogens with zero attached hydrogens (tertiary/aromatic N) is 3. The van der Waals surface area contributed by atoms with E-state index in [2.05, 4.69) is 38.2 Å². The molecule has 3 aromatic rings. The van der Waals surface area contributed by atoms with Crippen LogP contribution in [0, 0.1) is 5.92 Å². The Labute approximate surface area is 213 Å². The monoisotopic (exact) mass is 488 g/mol. The van der Waals surface area contributed by atoms with Gasteiger partial charge in [-0.2, -0.15) is 5.10 Å². The molecule has 0 aliphatic carbocycles. The molecule has 0 saturated carbocycles. The Morgan fingerprint density at radius 3 is 2.28 bits per heavy atom. The van der Waals surface area contributed by atoms with E-state index in [1.165, 1.54) is 0 Å². The molecule has 1 aliphatic rings. The van der Waals surface area contributed by atoms with E-state index in [-0.39, 0.29) is 23.1 Å². The van der Waals surface area contributed by atoms with Gasteiger partial charge in [0.1, 0.15) is 11.6 Å². The molecule has 0 bridgehead atoms. The maximum atomic E-state index is 13.2. The van der Waals surface area contributed by atoms with Crippen LogP contribution in [0.3, 0.4) is 0 Å². The number of likely N-dealkylation sites (tertiary alicyclic amines) is 1. The van der Waals surface area contributed by atoms with E-state index in [4.69, 9.17) is 9.84 Å². The van der Waals surface area contributed by atoms with E-state index in [9.17, 15) is 9.59 Å². The number of piperidine rings is 1. The molecule has 190 valence electrons. The van der Waals surface area contributed by atoms with Gasteiger partial charge >= 0.3 is 0 Å². The molecule has 7 heteroatoms. The Balaban J connectivity index is 1.31. The Morgan fingerprint density at radius 1 is 1.00 bits per heavy atom. The van der Waals surface area contributed by atoms with Gasteiger partial charge < -0.3 is 15.0 Å². The first kappa shape index (κ1) is 25.5. The Hall–Kier alpha value is -3.61. The van der Waals surface area contributed by atoms with Gasteiger partial charge in [0, 0.05) is 30.5 Å².